The number of rotatable bonds is 2. The zero-order valence-corrected chi connectivity index (χ0v) is 8.39. The molecule has 0 aliphatic carbocycles. The Balaban J connectivity index is 2.59. The summed E-state index contributed by atoms with van der Waals surface area (Å²) in [5.74, 6) is 0.768. The molecule has 1 N–H and O–H groups in total. The zero-order valence-electron chi connectivity index (χ0n) is 7.57. The van der Waals surface area contributed by atoms with Crippen LogP contribution >= 0.6 is 12.0 Å². The quantitative estimate of drug-likeness (QED) is 0.765. The molecular weight excluding hydrogens is 196 g/mol. The smallest absolute Gasteiger partial charge is 0.162 e. The van der Waals surface area contributed by atoms with E-state index < -0.39 is 0 Å². The van der Waals surface area contributed by atoms with E-state index in [0.29, 0.717) is 5.56 Å². The predicted molar refractivity (Wildman–Crippen MR) is 57.2 cm³/mol. The van der Waals surface area contributed by atoms with Crippen LogP contribution in [0.4, 0.5) is 0 Å². The van der Waals surface area contributed by atoms with Crippen LogP contribution in [0, 0.1) is 11.3 Å². The van der Waals surface area contributed by atoms with Crippen LogP contribution in [0.25, 0.3) is 10.9 Å². The molecule has 0 amide bonds. The molecule has 0 unspecified atom stereocenters. The number of aromatic nitrogens is 1. The van der Waals surface area contributed by atoms with Crippen LogP contribution in [-0.2, 0) is 0 Å². The van der Waals surface area contributed by atoms with Gasteiger partial charge in [0.1, 0.15) is 0 Å². The van der Waals surface area contributed by atoms with Crippen molar-refractivity contribution in [2.24, 2.45) is 0 Å². The molecule has 0 aliphatic rings. The van der Waals surface area contributed by atoms with Gasteiger partial charge in [-0.2, -0.15) is 5.26 Å². The molecule has 1 heterocycles. The molecular formula is C10H8N2OS. The second-order valence-electron chi connectivity index (χ2n) is 2.78. The van der Waals surface area contributed by atoms with Crippen molar-refractivity contribution in [3.05, 3.63) is 30.0 Å². The van der Waals surface area contributed by atoms with Crippen LogP contribution < -0.4 is 4.18 Å². The number of aromatic amines is 1. The SMILES string of the molecule is CSOc1c[nH]c2ccc(C#N)cc12. The van der Waals surface area contributed by atoms with E-state index >= 15 is 0 Å². The number of benzene rings is 1. The minimum Gasteiger partial charge on any atom is -0.424 e. The summed E-state index contributed by atoms with van der Waals surface area (Å²) in [7, 11) is 0. The molecule has 4 heteroatoms. The standard InChI is InChI=1S/C10H8N2OS/c1-14-13-10-6-12-9-3-2-7(5-11)4-8(9)10/h2-4,6,12H,1H3. The molecule has 0 spiro atoms. The highest BCUT2D eigenvalue weighted by atomic mass is 32.2. The lowest BCUT2D eigenvalue weighted by atomic mass is 10.2. The normalized spacial score (nSPS) is 10.0. The summed E-state index contributed by atoms with van der Waals surface area (Å²) in [5.41, 5.74) is 1.62. The van der Waals surface area contributed by atoms with Gasteiger partial charge in [-0.3, -0.25) is 0 Å². The van der Waals surface area contributed by atoms with Crippen LogP contribution in [0.15, 0.2) is 24.4 Å². The highest BCUT2D eigenvalue weighted by molar-refractivity contribution is 7.94. The van der Waals surface area contributed by atoms with E-state index in [1.54, 1.807) is 12.3 Å². The lowest BCUT2D eigenvalue weighted by Crippen LogP contribution is -1.77. The maximum atomic E-state index is 8.75. The van der Waals surface area contributed by atoms with Crippen LogP contribution in [0.5, 0.6) is 5.75 Å². The zero-order chi connectivity index (χ0) is 9.97. The molecule has 2 aromatic rings. The fraction of sp³-hybridized carbons (Fsp3) is 0.100. The van der Waals surface area contributed by atoms with E-state index in [-0.39, 0.29) is 0 Å². The topological polar surface area (TPSA) is 48.8 Å². The molecule has 70 valence electrons. The van der Waals surface area contributed by atoms with E-state index in [1.165, 1.54) is 12.0 Å². The molecule has 0 saturated heterocycles. The minimum absolute atomic E-state index is 0.642. The number of nitrogens with one attached hydrogen (secondary N) is 1. The van der Waals surface area contributed by atoms with Crippen molar-refractivity contribution in [1.82, 2.24) is 4.98 Å². The average Bonchev–Trinajstić information content (AvgIpc) is 2.61. The van der Waals surface area contributed by atoms with Gasteiger partial charge >= 0.3 is 0 Å². The van der Waals surface area contributed by atoms with Gasteiger partial charge in [0.2, 0.25) is 0 Å². The Morgan fingerprint density at radius 2 is 2.36 bits per heavy atom. The third kappa shape index (κ3) is 1.42. The second-order valence-corrected chi connectivity index (χ2v) is 3.28. The summed E-state index contributed by atoms with van der Waals surface area (Å²) in [5, 5.41) is 9.69. The fourth-order valence-corrected chi connectivity index (χ4v) is 1.64. The van der Waals surface area contributed by atoms with Crippen molar-refractivity contribution in [2.45, 2.75) is 0 Å². The van der Waals surface area contributed by atoms with Crippen molar-refractivity contribution in [1.29, 1.82) is 5.26 Å². The minimum atomic E-state index is 0.642. The Morgan fingerprint density at radius 1 is 1.50 bits per heavy atom. The molecule has 14 heavy (non-hydrogen) atoms. The Kier molecular flexibility index (Phi) is 2.33. The first-order valence-electron chi connectivity index (χ1n) is 4.07. The first-order chi connectivity index (χ1) is 6.85. The summed E-state index contributed by atoms with van der Waals surface area (Å²) in [4.78, 5) is 3.08. The van der Waals surface area contributed by atoms with Crippen molar-refractivity contribution in [3.8, 4) is 11.8 Å². The van der Waals surface area contributed by atoms with Gasteiger partial charge < -0.3 is 9.17 Å². The summed E-state index contributed by atoms with van der Waals surface area (Å²) >= 11 is 1.28. The maximum absolute atomic E-state index is 8.75. The first-order valence-corrected chi connectivity index (χ1v) is 5.22. The molecule has 1 aromatic carbocycles. The first kappa shape index (κ1) is 8.97. The summed E-state index contributed by atoms with van der Waals surface area (Å²) in [6.45, 7) is 0. The second kappa shape index (κ2) is 3.64. The number of H-pyrrole nitrogens is 1. The summed E-state index contributed by atoms with van der Waals surface area (Å²) in [6, 6.07) is 7.57. The highest BCUT2D eigenvalue weighted by Gasteiger charge is 2.05. The van der Waals surface area contributed by atoms with Gasteiger partial charge in [-0.1, -0.05) is 0 Å². The maximum Gasteiger partial charge on any atom is 0.162 e. The number of hydrogen-bond acceptors (Lipinski definition) is 3. The Labute approximate surface area is 85.9 Å². The molecule has 0 radical (unpaired) electrons. The van der Waals surface area contributed by atoms with Gasteiger partial charge in [-0.15, -0.1) is 0 Å². The van der Waals surface area contributed by atoms with E-state index in [2.05, 4.69) is 11.1 Å². The van der Waals surface area contributed by atoms with Gasteiger partial charge in [-0.05, 0) is 18.2 Å². The summed E-state index contributed by atoms with van der Waals surface area (Å²) < 4.78 is 5.33. The molecule has 3 nitrogen and oxygen atoms in total. The van der Waals surface area contributed by atoms with Gasteiger partial charge in [-0.25, -0.2) is 0 Å². The highest BCUT2D eigenvalue weighted by Crippen LogP contribution is 2.28. The molecule has 0 saturated carbocycles. The lowest BCUT2D eigenvalue weighted by molar-refractivity contribution is 0.658. The molecule has 0 fully saturated rings. The van der Waals surface area contributed by atoms with E-state index in [4.69, 9.17) is 9.44 Å². The van der Waals surface area contributed by atoms with E-state index in [9.17, 15) is 0 Å². The van der Waals surface area contributed by atoms with Crippen molar-refractivity contribution in [2.75, 3.05) is 6.26 Å². The number of nitriles is 1. The number of hydrogen-bond donors (Lipinski definition) is 1. The van der Waals surface area contributed by atoms with Crippen LogP contribution in [-0.4, -0.2) is 11.2 Å². The van der Waals surface area contributed by atoms with Gasteiger partial charge in [0.15, 0.2) is 5.75 Å². The third-order valence-corrected chi connectivity index (χ3v) is 2.29. The van der Waals surface area contributed by atoms with Gasteiger partial charge in [0.25, 0.3) is 0 Å². The lowest BCUT2D eigenvalue weighted by Gasteiger charge is -1.97. The van der Waals surface area contributed by atoms with E-state index in [1.807, 2.05) is 18.4 Å². The van der Waals surface area contributed by atoms with Gasteiger partial charge in [0, 0.05) is 23.4 Å². The van der Waals surface area contributed by atoms with E-state index in [0.717, 1.165) is 16.7 Å². The largest absolute Gasteiger partial charge is 0.424 e. The Morgan fingerprint density at radius 3 is 3.07 bits per heavy atom. The monoisotopic (exact) mass is 204 g/mol. The number of fused-ring (bicyclic) bond motifs is 1. The van der Waals surface area contributed by atoms with Crippen molar-refractivity contribution < 1.29 is 4.18 Å². The Hall–Kier alpha value is -1.60. The molecule has 1 aromatic heterocycles. The third-order valence-electron chi connectivity index (χ3n) is 1.95. The predicted octanol–water partition coefficient (Wildman–Crippen LogP) is 2.70. The van der Waals surface area contributed by atoms with Crippen LogP contribution in [0.1, 0.15) is 5.56 Å². The van der Waals surface area contributed by atoms with Gasteiger partial charge in [0.05, 0.1) is 23.7 Å². The average molecular weight is 204 g/mol. The van der Waals surface area contributed by atoms with Crippen LogP contribution in [0.2, 0.25) is 0 Å². The summed E-state index contributed by atoms with van der Waals surface area (Å²) in [6.07, 6.45) is 3.65. The molecule has 0 bridgehead atoms. The molecule has 2 rings (SSSR count). The van der Waals surface area contributed by atoms with Crippen molar-refractivity contribution in [3.63, 3.8) is 0 Å². The molecule has 0 aliphatic heterocycles. The van der Waals surface area contributed by atoms with Crippen LogP contribution in [0.3, 0.4) is 0 Å². The molecule has 0 atom stereocenters. The number of nitrogens with zero attached hydrogens (tertiary/aromatic N) is 1. The van der Waals surface area contributed by atoms with Crippen molar-refractivity contribution >= 4 is 22.9 Å². The Bertz CT molecular complexity index is 498. The fourth-order valence-electron chi connectivity index (χ4n) is 1.32.